The number of pyridine rings is 1. The molecule has 224 valence electrons. The predicted octanol–water partition coefficient (Wildman–Crippen LogP) is 10.0. The Morgan fingerprint density at radius 3 is 1.73 bits per heavy atom. The van der Waals surface area contributed by atoms with E-state index < -0.39 is 0 Å². The lowest BCUT2D eigenvalue weighted by Crippen LogP contribution is -2.19. The smallest absolute Gasteiger partial charge is 0.263 e. The van der Waals surface area contributed by atoms with Gasteiger partial charge in [0.05, 0.1) is 27.8 Å². The molecule has 0 saturated carbocycles. The molecule has 0 aliphatic heterocycles. The van der Waals surface area contributed by atoms with Crippen LogP contribution >= 0.6 is 0 Å². The molecule has 7 aromatic carbocycles. The van der Waals surface area contributed by atoms with E-state index in [1.807, 2.05) is 83.4 Å². The zero-order valence-electron chi connectivity index (χ0n) is 25.7. The monoisotopic (exact) mass is 614 g/mol. The van der Waals surface area contributed by atoms with Crippen LogP contribution in [-0.4, -0.2) is 19.1 Å². The van der Waals surface area contributed by atoms with Gasteiger partial charge >= 0.3 is 0 Å². The molecule has 0 spiro atoms. The first-order chi connectivity index (χ1) is 23.8. The van der Waals surface area contributed by atoms with Gasteiger partial charge in [-0.25, -0.2) is 9.97 Å². The minimum atomic E-state index is -0.0511. The van der Waals surface area contributed by atoms with E-state index in [1.54, 1.807) is 0 Å². The molecule has 48 heavy (non-hydrogen) atoms. The summed E-state index contributed by atoms with van der Waals surface area (Å²) in [6.07, 6.45) is 0. The van der Waals surface area contributed by atoms with Crippen molar-refractivity contribution in [3.05, 3.63) is 168 Å². The van der Waals surface area contributed by atoms with Gasteiger partial charge in [-0.3, -0.25) is 13.9 Å². The molecule has 10 rings (SSSR count). The highest BCUT2D eigenvalue weighted by Crippen LogP contribution is 2.44. The summed E-state index contributed by atoms with van der Waals surface area (Å²) in [5, 5.41) is 7.82. The van der Waals surface area contributed by atoms with Gasteiger partial charge in [0.2, 0.25) is 5.95 Å². The van der Waals surface area contributed by atoms with Crippen LogP contribution in [0.3, 0.4) is 0 Å². The molecule has 5 heteroatoms. The first kappa shape index (κ1) is 26.6. The van der Waals surface area contributed by atoms with Gasteiger partial charge in [-0.2, -0.15) is 0 Å². The minimum absolute atomic E-state index is 0.0511. The predicted molar refractivity (Wildman–Crippen MR) is 197 cm³/mol. The Morgan fingerprint density at radius 2 is 0.979 bits per heavy atom. The summed E-state index contributed by atoms with van der Waals surface area (Å²) in [6, 6.07) is 53.3. The zero-order chi connectivity index (χ0) is 31.8. The van der Waals surface area contributed by atoms with Crippen molar-refractivity contribution in [1.29, 1.82) is 0 Å². The number of hydrogen-bond donors (Lipinski definition) is 0. The topological polar surface area (TPSA) is 52.7 Å². The molecule has 0 aliphatic rings. The molecule has 0 saturated heterocycles. The lowest BCUT2D eigenvalue weighted by molar-refractivity contribution is 1.02. The quantitative estimate of drug-likeness (QED) is 0.186. The summed E-state index contributed by atoms with van der Waals surface area (Å²) in [4.78, 5) is 25.1. The molecule has 0 fully saturated rings. The third kappa shape index (κ3) is 3.70. The van der Waals surface area contributed by atoms with E-state index in [2.05, 4.69) is 83.4 Å². The normalized spacial score (nSPS) is 11.8. The van der Waals surface area contributed by atoms with E-state index in [9.17, 15) is 4.79 Å². The third-order valence-corrected chi connectivity index (χ3v) is 9.51. The van der Waals surface area contributed by atoms with Crippen molar-refractivity contribution in [2.75, 3.05) is 0 Å². The zero-order valence-corrected chi connectivity index (χ0v) is 25.7. The van der Waals surface area contributed by atoms with Crippen molar-refractivity contribution in [2.24, 2.45) is 0 Å². The second kappa shape index (κ2) is 10.2. The molecule has 0 N–H and O–H groups in total. The van der Waals surface area contributed by atoms with Crippen LogP contribution in [0.2, 0.25) is 0 Å². The fourth-order valence-corrected chi connectivity index (χ4v) is 7.51. The summed E-state index contributed by atoms with van der Waals surface area (Å²) in [5.74, 6) is 0.580. The molecule has 3 heterocycles. The van der Waals surface area contributed by atoms with Gasteiger partial charge in [-0.05, 0) is 41.1 Å². The van der Waals surface area contributed by atoms with Crippen LogP contribution in [0.5, 0.6) is 0 Å². The first-order valence-electron chi connectivity index (χ1n) is 16.1. The first-order valence-corrected chi connectivity index (χ1v) is 16.1. The highest BCUT2D eigenvalue weighted by Gasteiger charge is 2.25. The standard InChI is InChI=1S/C43H26N4O/c48-42-32-22-10-8-20-30(32)38-40(46(42)28-17-5-2-6-18-28)31-21-9-7-19-29(31)37-34-24-12-14-26-36(34)47(41(37)38)43-44-35-25-13-11-23-33(35)39(45-43)27-15-3-1-4-16-27/h1-26H. The average Bonchev–Trinajstić information content (AvgIpc) is 3.50. The van der Waals surface area contributed by atoms with Crippen LogP contribution < -0.4 is 5.56 Å². The highest BCUT2D eigenvalue weighted by atomic mass is 16.1. The number of para-hydroxylation sites is 3. The van der Waals surface area contributed by atoms with Crippen LogP contribution in [-0.2, 0) is 0 Å². The van der Waals surface area contributed by atoms with Gasteiger partial charge in [0.1, 0.15) is 0 Å². The van der Waals surface area contributed by atoms with Gasteiger partial charge in [-0.1, -0.05) is 127 Å². The molecule has 0 unspecified atom stereocenters. The molecular weight excluding hydrogens is 589 g/mol. The van der Waals surface area contributed by atoms with Crippen molar-refractivity contribution in [3.63, 3.8) is 0 Å². The third-order valence-electron chi connectivity index (χ3n) is 9.51. The Kier molecular flexibility index (Phi) is 5.66. The van der Waals surface area contributed by atoms with Crippen molar-refractivity contribution in [2.45, 2.75) is 0 Å². The number of aromatic nitrogens is 4. The van der Waals surface area contributed by atoms with Crippen molar-refractivity contribution in [1.82, 2.24) is 19.1 Å². The van der Waals surface area contributed by atoms with Crippen LogP contribution in [0.1, 0.15) is 0 Å². The van der Waals surface area contributed by atoms with Crippen LogP contribution in [0.4, 0.5) is 0 Å². The number of fused-ring (bicyclic) bond motifs is 11. The molecular formula is C43H26N4O. The average molecular weight is 615 g/mol. The van der Waals surface area contributed by atoms with E-state index in [4.69, 9.17) is 9.97 Å². The maximum Gasteiger partial charge on any atom is 0.263 e. The second-order valence-electron chi connectivity index (χ2n) is 12.1. The molecule has 0 aliphatic carbocycles. The van der Waals surface area contributed by atoms with E-state index in [-0.39, 0.29) is 5.56 Å². The fraction of sp³-hybridized carbons (Fsp3) is 0. The van der Waals surface area contributed by atoms with E-state index >= 15 is 0 Å². The van der Waals surface area contributed by atoms with E-state index in [0.29, 0.717) is 11.3 Å². The van der Waals surface area contributed by atoms with E-state index in [0.717, 1.165) is 76.7 Å². The van der Waals surface area contributed by atoms with Gasteiger partial charge in [0, 0.05) is 43.6 Å². The maximum absolute atomic E-state index is 14.5. The highest BCUT2D eigenvalue weighted by molar-refractivity contribution is 6.35. The van der Waals surface area contributed by atoms with Crippen molar-refractivity contribution >= 4 is 65.2 Å². The molecule has 0 atom stereocenters. The molecule has 0 radical (unpaired) electrons. The minimum Gasteiger partial charge on any atom is -0.277 e. The lowest BCUT2D eigenvalue weighted by atomic mass is 9.96. The fourth-order valence-electron chi connectivity index (χ4n) is 7.51. The summed E-state index contributed by atoms with van der Waals surface area (Å²) in [6.45, 7) is 0. The lowest BCUT2D eigenvalue weighted by Gasteiger charge is -2.18. The SMILES string of the molecule is O=c1c2ccccc2c2c(c3ccccc3c3c4ccccc4n(-c4nc(-c5ccccc5)c5ccccc5n4)c32)n1-c1ccccc1. The van der Waals surface area contributed by atoms with Crippen LogP contribution in [0, 0.1) is 0 Å². The number of hydrogen-bond acceptors (Lipinski definition) is 3. The Labute approximate surface area is 274 Å². The molecule has 5 nitrogen and oxygen atoms in total. The Balaban J connectivity index is 1.51. The summed E-state index contributed by atoms with van der Waals surface area (Å²) >= 11 is 0. The summed E-state index contributed by atoms with van der Waals surface area (Å²) < 4.78 is 4.10. The van der Waals surface area contributed by atoms with Crippen LogP contribution in [0.25, 0.3) is 88.0 Å². The molecule has 0 bridgehead atoms. The molecule has 10 aromatic rings. The largest absolute Gasteiger partial charge is 0.277 e. The van der Waals surface area contributed by atoms with Gasteiger partial charge in [0.25, 0.3) is 5.56 Å². The molecule has 0 amide bonds. The maximum atomic E-state index is 14.5. The number of nitrogens with zero attached hydrogens (tertiary/aromatic N) is 4. The molecule has 3 aromatic heterocycles. The number of benzene rings is 7. The Morgan fingerprint density at radius 1 is 0.417 bits per heavy atom. The van der Waals surface area contributed by atoms with Crippen LogP contribution in [0.15, 0.2) is 163 Å². The van der Waals surface area contributed by atoms with Gasteiger partial charge in [0.15, 0.2) is 0 Å². The van der Waals surface area contributed by atoms with Gasteiger partial charge in [-0.15, -0.1) is 0 Å². The summed E-state index contributed by atoms with van der Waals surface area (Å²) in [7, 11) is 0. The Hall–Kier alpha value is -6.59. The van der Waals surface area contributed by atoms with Crippen molar-refractivity contribution < 1.29 is 0 Å². The van der Waals surface area contributed by atoms with Gasteiger partial charge < -0.3 is 0 Å². The van der Waals surface area contributed by atoms with E-state index in [1.165, 1.54) is 0 Å². The second-order valence-corrected chi connectivity index (χ2v) is 12.1. The Bertz CT molecular complexity index is 2960. The van der Waals surface area contributed by atoms with Crippen molar-refractivity contribution in [3.8, 4) is 22.9 Å². The summed E-state index contributed by atoms with van der Waals surface area (Å²) in [5.41, 5.74) is 6.37. The number of rotatable bonds is 3.